The van der Waals surface area contributed by atoms with Crippen LogP contribution in [0.3, 0.4) is 0 Å². The van der Waals surface area contributed by atoms with Gasteiger partial charge in [-0.3, -0.25) is 24.1 Å². The second-order valence-corrected chi connectivity index (χ2v) is 6.65. The zero-order valence-electron chi connectivity index (χ0n) is 14.8. The van der Waals surface area contributed by atoms with E-state index in [2.05, 4.69) is 4.98 Å². The van der Waals surface area contributed by atoms with Crippen LogP contribution < -0.4 is 0 Å². The Labute approximate surface area is 169 Å². The van der Waals surface area contributed by atoms with Gasteiger partial charge in [0.05, 0.1) is 4.92 Å². The third-order valence-corrected chi connectivity index (χ3v) is 4.64. The van der Waals surface area contributed by atoms with Gasteiger partial charge < -0.3 is 0 Å². The SMILES string of the molecule is O=C(c1ccc(Cl)cc1)c1nc2ccccn2c1C(=O)c1cccc([N+](=O)[O-])c1. The molecule has 8 heteroatoms. The number of halogens is 1. The van der Waals surface area contributed by atoms with Gasteiger partial charge in [-0.15, -0.1) is 0 Å². The van der Waals surface area contributed by atoms with Gasteiger partial charge >= 0.3 is 0 Å². The Bertz CT molecular complexity index is 1280. The number of rotatable bonds is 5. The van der Waals surface area contributed by atoms with E-state index < -0.39 is 16.5 Å². The van der Waals surface area contributed by atoms with Crippen LogP contribution in [0.15, 0.2) is 72.9 Å². The smallest absolute Gasteiger partial charge is 0.270 e. The highest BCUT2D eigenvalue weighted by molar-refractivity contribution is 6.30. The highest BCUT2D eigenvalue weighted by atomic mass is 35.5. The number of ketones is 2. The minimum absolute atomic E-state index is 0.0324. The van der Waals surface area contributed by atoms with Crippen molar-refractivity contribution in [3.63, 3.8) is 0 Å². The fourth-order valence-corrected chi connectivity index (χ4v) is 3.13. The quantitative estimate of drug-likeness (QED) is 0.279. The first kappa shape index (κ1) is 18.5. The number of aromatic nitrogens is 2. The van der Waals surface area contributed by atoms with Crippen LogP contribution in [0.1, 0.15) is 32.1 Å². The molecular weight excluding hydrogens is 394 g/mol. The number of hydrogen-bond donors (Lipinski definition) is 0. The number of hydrogen-bond acceptors (Lipinski definition) is 5. The number of non-ortho nitro benzene ring substituents is 1. The first-order valence-electron chi connectivity index (χ1n) is 8.52. The van der Waals surface area contributed by atoms with Gasteiger partial charge in [-0.25, -0.2) is 4.98 Å². The summed E-state index contributed by atoms with van der Waals surface area (Å²) in [6.07, 6.45) is 1.62. The lowest BCUT2D eigenvalue weighted by molar-refractivity contribution is -0.384. The minimum Gasteiger partial charge on any atom is -0.296 e. The maximum absolute atomic E-state index is 13.3. The van der Waals surface area contributed by atoms with Gasteiger partial charge in [0.15, 0.2) is 0 Å². The number of benzene rings is 2. The number of imidazole rings is 1. The van der Waals surface area contributed by atoms with Gasteiger partial charge in [0.2, 0.25) is 11.6 Å². The Morgan fingerprint density at radius 3 is 2.41 bits per heavy atom. The number of pyridine rings is 1. The number of nitro benzene ring substituents is 1. The van der Waals surface area contributed by atoms with E-state index in [0.29, 0.717) is 16.2 Å². The van der Waals surface area contributed by atoms with E-state index in [9.17, 15) is 19.7 Å². The molecule has 0 fully saturated rings. The molecule has 0 saturated carbocycles. The normalized spacial score (nSPS) is 10.8. The van der Waals surface area contributed by atoms with Crippen molar-refractivity contribution in [2.24, 2.45) is 0 Å². The molecule has 0 saturated heterocycles. The Hall–Kier alpha value is -3.84. The average Bonchev–Trinajstić information content (AvgIpc) is 3.13. The standard InChI is InChI=1S/C21H12ClN3O4/c22-15-9-7-13(8-10-15)20(26)18-19(24-11-2-1-6-17(24)23-18)21(27)14-4-3-5-16(12-14)25(28)29/h1-12H. The van der Waals surface area contributed by atoms with Crippen molar-refractivity contribution in [2.75, 3.05) is 0 Å². The van der Waals surface area contributed by atoms with E-state index in [1.807, 2.05) is 0 Å². The summed E-state index contributed by atoms with van der Waals surface area (Å²) in [7, 11) is 0. The molecular formula is C21H12ClN3O4. The molecule has 2 aromatic heterocycles. The van der Waals surface area contributed by atoms with E-state index in [1.54, 1.807) is 48.7 Å². The lowest BCUT2D eigenvalue weighted by Crippen LogP contribution is -2.13. The van der Waals surface area contributed by atoms with Crippen LogP contribution >= 0.6 is 11.6 Å². The maximum Gasteiger partial charge on any atom is 0.270 e. The van der Waals surface area contributed by atoms with Gasteiger partial charge in [0, 0.05) is 34.5 Å². The van der Waals surface area contributed by atoms with E-state index in [1.165, 1.54) is 28.7 Å². The third kappa shape index (κ3) is 3.39. The molecule has 2 heterocycles. The van der Waals surface area contributed by atoms with Gasteiger partial charge in [-0.05, 0) is 36.4 Å². The Kier molecular flexibility index (Phi) is 4.66. The fraction of sp³-hybridized carbons (Fsp3) is 0. The molecule has 0 bridgehead atoms. The molecule has 0 aliphatic heterocycles. The Balaban J connectivity index is 1.89. The van der Waals surface area contributed by atoms with Gasteiger partial charge in [0.25, 0.3) is 5.69 Å². The maximum atomic E-state index is 13.3. The van der Waals surface area contributed by atoms with E-state index in [-0.39, 0.29) is 22.6 Å². The molecule has 0 aliphatic carbocycles. The molecule has 142 valence electrons. The molecule has 0 radical (unpaired) electrons. The molecule has 2 aromatic carbocycles. The van der Waals surface area contributed by atoms with Crippen molar-refractivity contribution in [3.05, 3.63) is 111 Å². The predicted molar refractivity (Wildman–Crippen MR) is 107 cm³/mol. The van der Waals surface area contributed by atoms with E-state index in [4.69, 9.17) is 11.6 Å². The summed E-state index contributed by atoms with van der Waals surface area (Å²) in [5.41, 5.74) is 0.630. The highest BCUT2D eigenvalue weighted by Crippen LogP contribution is 2.23. The number of fused-ring (bicyclic) bond motifs is 1. The monoisotopic (exact) mass is 405 g/mol. The number of nitro groups is 1. The molecule has 4 rings (SSSR count). The lowest BCUT2D eigenvalue weighted by atomic mass is 10.0. The molecule has 0 amide bonds. The van der Waals surface area contributed by atoms with Crippen LogP contribution in [0.4, 0.5) is 5.69 Å². The summed E-state index contributed by atoms with van der Waals surface area (Å²) in [6.45, 7) is 0. The van der Waals surface area contributed by atoms with Gasteiger partial charge in [-0.1, -0.05) is 29.8 Å². The van der Waals surface area contributed by atoms with E-state index >= 15 is 0 Å². The van der Waals surface area contributed by atoms with Gasteiger partial charge in [0.1, 0.15) is 17.0 Å². The molecule has 7 nitrogen and oxygen atoms in total. The van der Waals surface area contributed by atoms with Gasteiger partial charge in [-0.2, -0.15) is 0 Å². The molecule has 0 N–H and O–H groups in total. The zero-order valence-corrected chi connectivity index (χ0v) is 15.5. The van der Waals surface area contributed by atoms with Crippen molar-refractivity contribution in [2.45, 2.75) is 0 Å². The summed E-state index contributed by atoms with van der Waals surface area (Å²) in [4.78, 5) is 41.2. The largest absolute Gasteiger partial charge is 0.296 e. The van der Waals surface area contributed by atoms with Crippen LogP contribution in [0.2, 0.25) is 5.02 Å². The van der Waals surface area contributed by atoms with Crippen LogP contribution in [0.5, 0.6) is 0 Å². The topological polar surface area (TPSA) is 94.6 Å². The summed E-state index contributed by atoms with van der Waals surface area (Å²) >= 11 is 5.89. The van der Waals surface area contributed by atoms with Crippen LogP contribution in [0, 0.1) is 10.1 Å². The van der Waals surface area contributed by atoms with Crippen molar-refractivity contribution in [3.8, 4) is 0 Å². The fourth-order valence-electron chi connectivity index (χ4n) is 3.01. The van der Waals surface area contributed by atoms with Crippen LogP contribution in [0.25, 0.3) is 5.65 Å². The molecule has 0 unspecified atom stereocenters. The van der Waals surface area contributed by atoms with Crippen LogP contribution in [-0.4, -0.2) is 25.9 Å². The second kappa shape index (κ2) is 7.29. The van der Waals surface area contributed by atoms with Crippen molar-refractivity contribution in [1.29, 1.82) is 0 Å². The highest BCUT2D eigenvalue weighted by Gasteiger charge is 2.26. The number of carbonyl (C=O) groups is 2. The Morgan fingerprint density at radius 1 is 0.931 bits per heavy atom. The second-order valence-electron chi connectivity index (χ2n) is 6.21. The molecule has 29 heavy (non-hydrogen) atoms. The lowest BCUT2D eigenvalue weighted by Gasteiger charge is -2.05. The Morgan fingerprint density at radius 2 is 1.69 bits per heavy atom. The predicted octanol–water partition coefficient (Wildman–Crippen LogP) is 4.36. The number of carbonyl (C=O) groups excluding carboxylic acids is 2. The number of nitrogens with zero attached hydrogens (tertiary/aromatic N) is 3. The molecule has 0 aliphatic rings. The first-order chi connectivity index (χ1) is 14.0. The molecule has 0 atom stereocenters. The summed E-state index contributed by atoms with van der Waals surface area (Å²) in [5.74, 6) is -0.983. The summed E-state index contributed by atoms with van der Waals surface area (Å²) in [6, 6.07) is 16.7. The van der Waals surface area contributed by atoms with E-state index in [0.717, 1.165) is 0 Å². The van der Waals surface area contributed by atoms with Crippen LogP contribution in [-0.2, 0) is 0 Å². The van der Waals surface area contributed by atoms with Crippen molar-refractivity contribution >= 4 is 34.5 Å². The molecule has 4 aromatic rings. The third-order valence-electron chi connectivity index (χ3n) is 4.39. The summed E-state index contributed by atoms with van der Waals surface area (Å²) in [5, 5.41) is 11.6. The van der Waals surface area contributed by atoms with Crippen molar-refractivity contribution in [1.82, 2.24) is 9.38 Å². The minimum atomic E-state index is -0.578. The zero-order chi connectivity index (χ0) is 20.5. The molecule has 0 spiro atoms. The average molecular weight is 406 g/mol. The first-order valence-corrected chi connectivity index (χ1v) is 8.90. The summed E-state index contributed by atoms with van der Waals surface area (Å²) < 4.78 is 1.50. The van der Waals surface area contributed by atoms with Crippen molar-refractivity contribution < 1.29 is 14.5 Å².